The Labute approximate surface area is 155 Å². The van der Waals surface area contributed by atoms with Gasteiger partial charge in [0, 0.05) is 16.3 Å². The van der Waals surface area contributed by atoms with Gasteiger partial charge >= 0.3 is 0 Å². The Balaban J connectivity index is 2.02. The minimum atomic E-state index is -3.23. The van der Waals surface area contributed by atoms with E-state index in [0.29, 0.717) is 15.4 Å². The van der Waals surface area contributed by atoms with Gasteiger partial charge in [0.1, 0.15) is 0 Å². The smallest absolute Gasteiger partial charge is 0.175 e. The van der Waals surface area contributed by atoms with E-state index in [1.165, 1.54) is 17.0 Å². The number of benzene rings is 2. The minimum Gasteiger partial charge on any atom is -0.224 e. The van der Waals surface area contributed by atoms with Crippen LogP contribution < -0.4 is 0 Å². The summed E-state index contributed by atoms with van der Waals surface area (Å²) in [5, 5.41) is 1.41. The summed E-state index contributed by atoms with van der Waals surface area (Å²) in [6.45, 7) is 0. The Hall–Kier alpha value is -0.590. The second-order valence-electron chi connectivity index (χ2n) is 5.04. The van der Waals surface area contributed by atoms with Crippen molar-refractivity contribution in [2.24, 2.45) is 0 Å². The fourth-order valence-electron chi connectivity index (χ4n) is 2.23. The van der Waals surface area contributed by atoms with Crippen molar-refractivity contribution in [2.75, 3.05) is 6.26 Å². The van der Waals surface area contributed by atoms with E-state index in [1.54, 1.807) is 47.2 Å². The Bertz CT molecular complexity index is 925. The molecule has 0 N–H and O–H groups in total. The topological polar surface area (TPSA) is 34.1 Å². The predicted molar refractivity (Wildman–Crippen MR) is 102 cm³/mol. The molecule has 0 aliphatic carbocycles. The van der Waals surface area contributed by atoms with E-state index in [4.69, 9.17) is 24.6 Å². The lowest BCUT2D eigenvalue weighted by Gasteiger charge is -2.16. The largest absolute Gasteiger partial charge is 0.224 e. The van der Waals surface area contributed by atoms with Gasteiger partial charge in [0.25, 0.3) is 0 Å². The van der Waals surface area contributed by atoms with Crippen LogP contribution in [0.3, 0.4) is 0 Å². The highest BCUT2D eigenvalue weighted by Gasteiger charge is 2.25. The molecular weight excluding hydrogens is 391 g/mol. The van der Waals surface area contributed by atoms with Crippen LogP contribution in [0, 0.1) is 0 Å². The summed E-state index contributed by atoms with van der Waals surface area (Å²) in [5.41, 5.74) is 2.53. The minimum absolute atomic E-state index is 0.0882. The Morgan fingerprint density at radius 2 is 1.83 bits per heavy atom. The van der Waals surface area contributed by atoms with Gasteiger partial charge in [0.2, 0.25) is 0 Å². The summed E-state index contributed by atoms with van der Waals surface area (Å²) < 4.78 is 31.4. The molecule has 7 heteroatoms. The lowest BCUT2D eigenvalue weighted by molar-refractivity contribution is 0.602. The number of sulfone groups is 1. The first kappa shape index (κ1) is 15.9. The average Bonchev–Trinajstić information content (AvgIpc) is 2.88. The van der Waals surface area contributed by atoms with Crippen LogP contribution in [0.5, 0.6) is 0 Å². The van der Waals surface area contributed by atoms with Gasteiger partial charge in [-0.3, -0.25) is 0 Å². The highest BCUT2D eigenvalue weighted by Crippen LogP contribution is 2.55. The maximum Gasteiger partial charge on any atom is 0.175 e. The molecule has 0 spiro atoms. The third-order valence-corrected chi connectivity index (χ3v) is 7.28. The van der Waals surface area contributed by atoms with Crippen molar-refractivity contribution < 1.29 is 9.79 Å². The zero-order valence-corrected chi connectivity index (χ0v) is 15.9. The van der Waals surface area contributed by atoms with Gasteiger partial charge in [-0.1, -0.05) is 63.0 Å². The van der Waals surface area contributed by atoms with Crippen LogP contribution in [0.15, 0.2) is 52.7 Å². The first-order valence-corrected chi connectivity index (χ1v) is 11.4. The van der Waals surface area contributed by atoms with Crippen molar-refractivity contribution in [3.63, 3.8) is 0 Å². The number of halogens is 2. The molecule has 0 bridgehead atoms. The van der Waals surface area contributed by atoms with Gasteiger partial charge in [-0.2, -0.15) is 0 Å². The molecule has 23 heavy (non-hydrogen) atoms. The second-order valence-corrected chi connectivity index (χ2v) is 10.0. The Morgan fingerprint density at radius 3 is 2.43 bits per heavy atom. The van der Waals surface area contributed by atoms with Gasteiger partial charge in [-0.15, -0.1) is 0 Å². The second kappa shape index (κ2) is 6.73. The van der Waals surface area contributed by atoms with E-state index < -0.39 is 9.84 Å². The maximum absolute atomic E-state index is 11.6. The molecule has 3 rings (SSSR count). The van der Waals surface area contributed by atoms with Crippen molar-refractivity contribution in [3.05, 3.63) is 69.0 Å². The number of rotatable bonds is 3. The summed E-state index contributed by atoms with van der Waals surface area (Å²) in [5.74, 6) is 0. The lowest BCUT2D eigenvalue weighted by atomic mass is 9.99. The monoisotopic (exact) mass is 404 g/mol. The van der Waals surface area contributed by atoms with Crippen molar-refractivity contribution in [2.45, 2.75) is 10.1 Å². The zero-order valence-electron chi connectivity index (χ0n) is 12.9. The van der Waals surface area contributed by atoms with E-state index in [9.17, 15) is 8.42 Å². The van der Waals surface area contributed by atoms with Crippen molar-refractivity contribution in [1.82, 2.24) is 0 Å². The van der Waals surface area contributed by atoms with Gasteiger partial charge in [-0.05, 0) is 46.3 Å². The third kappa shape index (κ3) is 3.74. The summed E-state index contributed by atoms with van der Waals surface area (Å²) in [4.78, 5) is 0.281. The lowest BCUT2D eigenvalue weighted by Crippen LogP contribution is -1.99. The molecule has 0 radical (unpaired) electrons. The molecule has 1 unspecified atom stereocenters. The van der Waals surface area contributed by atoms with Crippen molar-refractivity contribution in [3.8, 4) is 0 Å². The van der Waals surface area contributed by atoms with E-state index >= 15 is 0 Å². The molecule has 1 atom stereocenters. The van der Waals surface area contributed by atoms with Gasteiger partial charge in [0.05, 0.1) is 11.5 Å². The van der Waals surface area contributed by atoms with Gasteiger partial charge in [-0.25, -0.2) is 8.42 Å². The molecule has 0 aromatic heterocycles. The normalized spacial score (nSPS) is 19.1. The number of hydrogen-bond acceptors (Lipinski definition) is 4. The summed E-state index contributed by atoms with van der Waals surface area (Å²) in [7, 11) is -0.302. The van der Waals surface area contributed by atoms with Crippen LogP contribution in [0.25, 0.3) is 5.57 Å². The molecule has 2 nitrogen and oxygen atoms in total. The number of hydrogen-bond donors (Lipinski definition) is 0. The molecule has 0 saturated carbocycles. The molecule has 0 fully saturated rings. The molecule has 0 amide bonds. The maximum atomic E-state index is 11.6. The van der Waals surface area contributed by atoms with Crippen LogP contribution in [-0.4, -0.2) is 14.7 Å². The quantitative estimate of drug-likeness (QED) is 0.598. The van der Waals surface area contributed by atoms with Crippen molar-refractivity contribution in [1.29, 1.82) is 0 Å². The van der Waals surface area contributed by atoms with Crippen LogP contribution in [0.4, 0.5) is 0 Å². The third-order valence-electron chi connectivity index (χ3n) is 3.39. The molecule has 1 heterocycles. The van der Waals surface area contributed by atoms with E-state index in [-0.39, 0.29) is 10.1 Å². The van der Waals surface area contributed by atoms with Gasteiger partial charge < -0.3 is 0 Å². The summed E-state index contributed by atoms with van der Waals surface area (Å²) >= 11 is 12.3. The van der Waals surface area contributed by atoms with Crippen LogP contribution in [-0.2, 0) is 9.84 Å². The van der Waals surface area contributed by atoms with Crippen LogP contribution >= 0.6 is 44.8 Å². The molecule has 2 aromatic rings. The first-order valence-electron chi connectivity index (χ1n) is 7.07. The molecule has 0 saturated heterocycles. The standard InChI is InChI=1S/C16H12Cl2O2S3/c1-23(19,20)12-5-2-10(3-6-12)16-14(9-21-22-16)13-7-4-11(17)8-15(13)18/h2-9,16H,1H3/i9T. The fourth-order valence-corrected chi connectivity index (χ4v) is 5.79. The Morgan fingerprint density at radius 1 is 1.13 bits per heavy atom. The SMILES string of the molecule is [3H]C1=C(c2ccc(Cl)cc2Cl)C(c2ccc(S(C)(=O)=O)cc2)SS1. The van der Waals surface area contributed by atoms with Gasteiger partial charge in [0.15, 0.2) is 9.84 Å². The predicted octanol–water partition coefficient (Wildman–Crippen LogP) is 5.87. The van der Waals surface area contributed by atoms with E-state index in [1.807, 2.05) is 6.07 Å². The molecule has 1 aliphatic heterocycles. The highest BCUT2D eigenvalue weighted by atomic mass is 35.5. The van der Waals surface area contributed by atoms with Crippen molar-refractivity contribution >= 4 is 60.2 Å². The molecule has 2 aromatic carbocycles. The van der Waals surface area contributed by atoms with E-state index in [2.05, 4.69) is 0 Å². The van der Waals surface area contributed by atoms with Crippen LogP contribution in [0.1, 0.15) is 17.7 Å². The highest BCUT2D eigenvalue weighted by molar-refractivity contribution is 8.78. The Kier molecular flexibility index (Phi) is 4.65. The molecular formula is C16H12Cl2O2S3. The fraction of sp³-hybridized carbons (Fsp3) is 0.125. The molecule has 120 valence electrons. The average molecular weight is 405 g/mol. The summed E-state index contributed by atoms with van der Waals surface area (Å²) in [6, 6.07) is 12.0. The zero-order chi connectivity index (χ0) is 17.5. The van der Waals surface area contributed by atoms with E-state index in [0.717, 1.165) is 16.7 Å². The first-order chi connectivity index (χ1) is 11.3. The molecule has 1 aliphatic rings. The van der Waals surface area contributed by atoms with Crippen LogP contribution in [0.2, 0.25) is 10.0 Å². The summed E-state index contributed by atoms with van der Waals surface area (Å²) in [6.07, 6.45) is 1.18.